The van der Waals surface area contributed by atoms with Crippen LogP contribution in [0.15, 0.2) is 78.4 Å². The van der Waals surface area contributed by atoms with Crippen LogP contribution in [0.5, 0.6) is 5.75 Å². The number of para-hydroxylation sites is 1. The first kappa shape index (κ1) is 23.8. The molecule has 0 saturated carbocycles. The Morgan fingerprint density at radius 3 is 2.31 bits per heavy atom. The topological polar surface area (TPSA) is 156 Å². The van der Waals surface area contributed by atoms with Gasteiger partial charge in [0, 0.05) is 17.7 Å². The standard InChI is InChI=1S/C25H17N3O8/c29-22-20(23(30)27(25(33)26-22)18-9-11-19(12-10-18)28(34)35)13-17-3-1-2-4-21(17)36-14-15-5-7-16(8-6-15)24(31)32/h1-13H,14H2,(H,31,32)(H,26,29,33). The van der Waals surface area contributed by atoms with E-state index in [0.717, 1.165) is 12.1 Å². The number of barbiturate groups is 1. The highest BCUT2D eigenvalue weighted by Crippen LogP contribution is 2.27. The van der Waals surface area contributed by atoms with Crippen molar-refractivity contribution in [2.75, 3.05) is 4.90 Å². The highest BCUT2D eigenvalue weighted by molar-refractivity contribution is 6.39. The van der Waals surface area contributed by atoms with Gasteiger partial charge in [-0.1, -0.05) is 30.3 Å². The van der Waals surface area contributed by atoms with Gasteiger partial charge in [-0.3, -0.25) is 25.0 Å². The lowest BCUT2D eigenvalue weighted by Crippen LogP contribution is -2.54. The van der Waals surface area contributed by atoms with Crippen LogP contribution in [0.25, 0.3) is 6.08 Å². The van der Waals surface area contributed by atoms with Crippen molar-refractivity contribution in [3.8, 4) is 5.75 Å². The first-order valence-corrected chi connectivity index (χ1v) is 10.4. The molecule has 1 aliphatic heterocycles. The van der Waals surface area contributed by atoms with Crippen LogP contribution in [0.3, 0.4) is 0 Å². The van der Waals surface area contributed by atoms with Crippen LogP contribution in [-0.2, 0) is 16.2 Å². The van der Waals surface area contributed by atoms with Crippen LogP contribution >= 0.6 is 0 Å². The number of aromatic carboxylic acids is 1. The minimum atomic E-state index is -1.05. The van der Waals surface area contributed by atoms with E-state index in [2.05, 4.69) is 5.32 Å². The van der Waals surface area contributed by atoms with Crippen LogP contribution in [0.1, 0.15) is 21.5 Å². The predicted octanol–water partition coefficient (Wildman–Crippen LogP) is 3.54. The molecule has 0 spiro atoms. The Balaban J connectivity index is 1.59. The maximum atomic E-state index is 13.1. The molecule has 3 aromatic rings. The van der Waals surface area contributed by atoms with Gasteiger partial charge in [-0.25, -0.2) is 14.5 Å². The Hall–Kier alpha value is -5.32. The summed E-state index contributed by atoms with van der Waals surface area (Å²) in [7, 11) is 0. The number of nitro benzene ring substituents is 1. The van der Waals surface area contributed by atoms with E-state index in [4.69, 9.17) is 9.84 Å². The zero-order valence-electron chi connectivity index (χ0n) is 18.4. The largest absolute Gasteiger partial charge is 0.488 e. The number of anilines is 1. The van der Waals surface area contributed by atoms with Crippen LogP contribution < -0.4 is 15.0 Å². The summed E-state index contributed by atoms with van der Waals surface area (Å²) >= 11 is 0. The zero-order valence-corrected chi connectivity index (χ0v) is 18.4. The first-order valence-electron chi connectivity index (χ1n) is 10.4. The number of nitrogens with one attached hydrogen (secondary N) is 1. The molecular weight excluding hydrogens is 470 g/mol. The number of carbonyl (C=O) groups is 4. The fourth-order valence-corrected chi connectivity index (χ4v) is 3.41. The fourth-order valence-electron chi connectivity index (χ4n) is 3.41. The third-order valence-corrected chi connectivity index (χ3v) is 5.23. The molecular formula is C25H17N3O8. The molecule has 0 radical (unpaired) electrons. The van der Waals surface area contributed by atoms with Gasteiger partial charge in [0.05, 0.1) is 16.2 Å². The number of ether oxygens (including phenoxy) is 1. The van der Waals surface area contributed by atoms with Crippen molar-refractivity contribution in [3.05, 3.63) is 105 Å². The number of urea groups is 1. The second kappa shape index (κ2) is 9.89. The molecule has 3 aromatic carbocycles. The monoisotopic (exact) mass is 487 g/mol. The molecule has 180 valence electrons. The molecule has 1 heterocycles. The van der Waals surface area contributed by atoms with E-state index in [9.17, 15) is 29.3 Å². The van der Waals surface area contributed by atoms with Gasteiger partial charge in [0.25, 0.3) is 17.5 Å². The molecule has 0 atom stereocenters. The second-order valence-corrected chi connectivity index (χ2v) is 7.56. The van der Waals surface area contributed by atoms with Gasteiger partial charge in [-0.05, 0) is 42.0 Å². The van der Waals surface area contributed by atoms with Crippen molar-refractivity contribution in [2.45, 2.75) is 6.61 Å². The summed E-state index contributed by atoms with van der Waals surface area (Å²) in [6, 6.07) is 16.5. The highest BCUT2D eigenvalue weighted by atomic mass is 16.6. The number of carboxylic acids is 1. The van der Waals surface area contributed by atoms with Crippen molar-refractivity contribution < 1.29 is 33.9 Å². The number of imide groups is 2. The van der Waals surface area contributed by atoms with Gasteiger partial charge in [0.1, 0.15) is 17.9 Å². The molecule has 0 unspecified atom stereocenters. The van der Waals surface area contributed by atoms with Gasteiger partial charge in [-0.15, -0.1) is 0 Å². The number of carboxylic acid groups (broad SMARTS) is 1. The quantitative estimate of drug-likeness (QED) is 0.222. The average molecular weight is 487 g/mol. The Kier molecular flexibility index (Phi) is 6.55. The van der Waals surface area contributed by atoms with Crippen LogP contribution in [0.2, 0.25) is 0 Å². The average Bonchev–Trinajstić information content (AvgIpc) is 2.86. The number of amides is 4. The van der Waals surface area contributed by atoms with E-state index in [1.807, 2.05) is 0 Å². The third-order valence-electron chi connectivity index (χ3n) is 5.23. The molecule has 11 nitrogen and oxygen atoms in total. The van der Waals surface area contributed by atoms with Gasteiger partial charge in [-0.2, -0.15) is 0 Å². The third kappa shape index (κ3) is 4.94. The number of hydrogen-bond donors (Lipinski definition) is 2. The molecule has 0 bridgehead atoms. The lowest BCUT2D eigenvalue weighted by molar-refractivity contribution is -0.384. The lowest BCUT2D eigenvalue weighted by Gasteiger charge is -2.26. The SMILES string of the molecule is O=C1NC(=O)N(c2ccc([N+](=O)[O-])cc2)C(=O)C1=Cc1ccccc1OCc1ccc(C(=O)O)cc1. The number of non-ortho nitro benzene ring substituents is 1. The molecule has 1 aliphatic rings. The van der Waals surface area contributed by atoms with Crippen LogP contribution in [0, 0.1) is 10.1 Å². The maximum absolute atomic E-state index is 13.1. The van der Waals surface area contributed by atoms with Gasteiger partial charge in [0.2, 0.25) is 0 Å². The van der Waals surface area contributed by atoms with E-state index in [-0.39, 0.29) is 29.1 Å². The van der Waals surface area contributed by atoms with Crippen molar-refractivity contribution in [3.63, 3.8) is 0 Å². The maximum Gasteiger partial charge on any atom is 0.335 e. The summed E-state index contributed by atoms with van der Waals surface area (Å²) in [6.07, 6.45) is 1.28. The summed E-state index contributed by atoms with van der Waals surface area (Å²) in [4.78, 5) is 60.0. The minimum absolute atomic E-state index is 0.0517. The van der Waals surface area contributed by atoms with E-state index in [1.54, 1.807) is 36.4 Å². The van der Waals surface area contributed by atoms with Gasteiger partial charge in [0.15, 0.2) is 0 Å². The first-order chi connectivity index (χ1) is 17.2. The zero-order chi connectivity index (χ0) is 25.8. The van der Waals surface area contributed by atoms with Crippen molar-refractivity contribution in [1.82, 2.24) is 5.32 Å². The second-order valence-electron chi connectivity index (χ2n) is 7.56. The minimum Gasteiger partial charge on any atom is -0.488 e. The van der Waals surface area contributed by atoms with Crippen LogP contribution in [0.4, 0.5) is 16.2 Å². The van der Waals surface area contributed by atoms with E-state index in [1.165, 1.54) is 30.3 Å². The highest BCUT2D eigenvalue weighted by Gasteiger charge is 2.37. The molecule has 4 rings (SSSR count). The Morgan fingerprint density at radius 1 is 1.00 bits per heavy atom. The molecule has 36 heavy (non-hydrogen) atoms. The summed E-state index contributed by atoms with van der Waals surface area (Å²) in [5.74, 6) is -2.51. The summed E-state index contributed by atoms with van der Waals surface area (Å²) < 4.78 is 5.82. The Bertz CT molecular complexity index is 1410. The molecule has 2 N–H and O–H groups in total. The number of nitro groups is 1. The molecule has 0 aliphatic carbocycles. The number of carbonyl (C=O) groups excluding carboxylic acids is 3. The Morgan fingerprint density at radius 2 is 1.67 bits per heavy atom. The van der Waals surface area contributed by atoms with Crippen LogP contribution in [-0.4, -0.2) is 33.8 Å². The predicted molar refractivity (Wildman–Crippen MR) is 126 cm³/mol. The fraction of sp³-hybridized carbons (Fsp3) is 0.0400. The molecule has 1 fully saturated rings. The number of nitrogens with zero attached hydrogens (tertiary/aromatic N) is 2. The summed E-state index contributed by atoms with van der Waals surface area (Å²) in [5.41, 5.74) is 0.711. The van der Waals surface area contributed by atoms with Gasteiger partial charge >= 0.3 is 12.0 Å². The number of hydrogen-bond acceptors (Lipinski definition) is 7. The van der Waals surface area contributed by atoms with Crippen molar-refractivity contribution in [2.24, 2.45) is 0 Å². The van der Waals surface area contributed by atoms with E-state index in [0.29, 0.717) is 21.8 Å². The Labute approximate surface area is 203 Å². The lowest BCUT2D eigenvalue weighted by atomic mass is 10.1. The summed E-state index contributed by atoms with van der Waals surface area (Å²) in [6.45, 7) is 0.0909. The normalized spacial score (nSPS) is 14.5. The van der Waals surface area contributed by atoms with Crippen molar-refractivity contribution >= 4 is 41.3 Å². The molecule has 4 amide bonds. The number of rotatable bonds is 7. The van der Waals surface area contributed by atoms with E-state index < -0.39 is 28.7 Å². The van der Waals surface area contributed by atoms with E-state index >= 15 is 0 Å². The molecule has 11 heteroatoms. The van der Waals surface area contributed by atoms with Gasteiger partial charge < -0.3 is 9.84 Å². The smallest absolute Gasteiger partial charge is 0.335 e. The summed E-state index contributed by atoms with van der Waals surface area (Å²) in [5, 5.41) is 22.0. The van der Waals surface area contributed by atoms with Crippen molar-refractivity contribution in [1.29, 1.82) is 0 Å². The number of benzene rings is 3. The molecule has 1 saturated heterocycles. The molecule has 0 aromatic heterocycles.